The Morgan fingerprint density at radius 2 is 1.39 bits per heavy atom. The van der Waals surface area contributed by atoms with Crippen molar-refractivity contribution in [1.29, 1.82) is 0 Å². The Morgan fingerprint density at radius 3 is 1.97 bits per heavy atom. The first-order valence-electron chi connectivity index (χ1n) is 11.6. The molecule has 0 radical (unpaired) electrons. The first kappa shape index (κ1) is 26.3. The summed E-state index contributed by atoms with van der Waals surface area (Å²) in [5.41, 5.74) is 1.05. The van der Waals surface area contributed by atoms with Crippen molar-refractivity contribution in [3.8, 4) is 28.7 Å². The van der Waals surface area contributed by atoms with Gasteiger partial charge in [-0.3, -0.25) is 19.3 Å². The zero-order valence-corrected chi connectivity index (χ0v) is 21.9. The summed E-state index contributed by atoms with van der Waals surface area (Å²) in [7, 11) is 8.70. The number of anilines is 3. The van der Waals surface area contributed by atoms with Crippen LogP contribution in [0.1, 0.15) is 10.4 Å². The van der Waals surface area contributed by atoms with E-state index >= 15 is 0 Å². The van der Waals surface area contributed by atoms with Gasteiger partial charge in [-0.2, -0.15) is 0 Å². The predicted octanol–water partition coefficient (Wildman–Crippen LogP) is 3.87. The Balaban J connectivity index is 1.98. The Hall–Kier alpha value is -4.73. The van der Waals surface area contributed by atoms with E-state index < -0.39 is 23.5 Å². The minimum absolute atomic E-state index is 0.0636. The van der Waals surface area contributed by atoms with Gasteiger partial charge in [0.2, 0.25) is 11.7 Å². The van der Waals surface area contributed by atoms with E-state index in [1.165, 1.54) is 58.5 Å². The molecule has 0 bridgehead atoms. The van der Waals surface area contributed by atoms with Crippen LogP contribution in [-0.4, -0.2) is 60.2 Å². The lowest BCUT2D eigenvalue weighted by Crippen LogP contribution is -2.50. The van der Waals surface area contributed by atoms with Crippen LogP contribution in [0.15, 0.2) is 54.6 Å². The molecule has 0 aromatic heterocycles. The second kappa shape index (κ2) is 10.7. The second-order valence-corrected chi connectivity index (χ2v) is 8.28. The number of methoxy groups -OCH3 is 5. The quantitative estimate of drug-likeness (QED) is 0.413. The van der Waals surface area contributed by atoms with E-state index in [1.54, 1.807) is 48.5 Å². The molecular weight excluding hydrogens is 492 g/mol. The van der Waals surface area contributed by atoms with E-state index in [0.29, 0.717) is 22.9 Å². The van der Waals surface area contributed by atoms with Gasteiger partial charge >= 0.3 is 0 Å². The molecule has 198 valence electrons. The molecule has 10 nitrogen and oxygen atoms in total. The summed E-state index contributed by atoms with van der Waals surface area (Å²) in [6.45, 7) is 0. The summed E-state index contributed by atoms with van der Waals surface area (Å²) in [6, 6.07) is 15.0. The lowest BCUT2D eigenvalue weighted by molar-refractivity contribution is -0.129. The van der Waals surface area contributed by atoms with E-state index in [-0.39, 0.29) is 28.5 Å². The fraction of sp³-hybridized carbons (Fsp3) is 0.250. The van der Waals surface area contributed by atoms with E-state index in [9.17, 15) is 14.4 Å². The Kier molecular flexibility index (Phi) is 7.43. The number of para-hydroxylation sites is 1. The van der Waals surface area contributed by atoms with Crippen molar-refractivity contribution in [1.82, 2.24) is 0 Å². The summed E-state index contributed by atoms with van der Waals surface area (Å²) in [5.74, 6) is -2.51. The van der Waals surface area contributed by atoms with E-state index in [2.05, 4.69) is 0 Å². The monoisotopic (exact) mass is 520 g/mol. The topological polar surface area (TPSA) is 104 Å². The Morgan fingerprint density at radius 1 is 0.763 bits per heavy atom. The van der Waals surface area contributed by atoms with Crippen molar-refractivity contribution in [3.63, 3.8) is 0 Å². The molecule has 3 aromatic carbocycles. The second-order valence-electron chi connectivity index (χ2n) is 8.28. The number of amides is 2. The van der Waals surface area contributed by atoms with E-state index in [0.717, 1.165) is 0 Å². The van der Waals surface area contributed by atoms with Crippen molar-refractivity contribution in [3.05, 3.63) is 60.2 Å². The van der Waals surface area contributed by atoms with E-state index in [1.807, 2.05) is 0 Å². The molecule has 38 heavy (non-hydrogen) atoms. The molecule has 0 saturated carbocycles. The fourth-order valence-corrected chi connectivity index (χ4v) is 4.47. The number of ether oxygens (including phenoxy) is 5. The summed E-state index contributed by atoms with van der Waals surface area (Å²) in [6.07, 6.45) is 0. The normalized spacial score (nSPS) is 14.5. The van der Waals surface area contributed by atoms with Gasteiger partial charge in [0.05, 0.1) is 46.8 Å². The predicted molar refractivity (Wildman–Crippen MR) is 140 cm³/mol. The van der Waals surface area contributed by atoms with Crippen LogP contribution in [0.3, 0.4) is 0 Å². The number of carbonyl (C=O) groups is 3. The van der Waals surface area contributed by atoms with Crippen molar-refractivity contribution < 1.29 is 38.1 Å². The Bertz CT molecular complexity index is 1390. The van der Waals surface area contributed by atoms with Crippen LogP contribution >= 0.6 is 0 Å². The highest BCUT2D eigenvalue weighted by Gasteiger charge is 2.48. The average Bonchev–Trinajstić information content (AvgIpc) is 2.95. The minimum Gasteiger partial charge on any atom is -0.493 e. The van der Waals surface area contributed by atoms with Crippen molar-refractivity contribution in [2.24, 2.45) is 5.92 Å². The zero-order chi connectivity index (χ0) is 27.6. The Labute approximate surface area is 220 Å². The zero-order valence-electron chi connectivity index (χ0n) is 21.9. The third-order valence-electron chi connectivity index (χ3n) is 6.37. The third-order valence-corrected chi connectivity index (χ3v) is 6.37. The standard InChI is InChI=1S/C28H28N2O8/c1-29(16-10-8-7-9-11-16)27(32)22-24(31)18-15-21(36-4)25(37-5)26(38-6)23(18)30(28(22)33)17-12-13-19(34-2)20(14-17)35-3/h7-15,22H,1-6H3. The van der Waals surface area contributed by atoms with E-state index in [4.69, 9.17) is 23.7 Å². The van der Waals surface area contributed by atoms with Crippen molar-refractivity contribution in [2.75, 3.05) is 52.4 Å². The number of fused-ring (bicyclic) bond motifs is 1. The number of ketones is 1. The molecule has 0 aliphatic carbocycles. The van der Waals surface area contributed by atoms with Crippen LogP contribution < -0.4 is 33.5 Å². The molecular formula is C28H28N2O8. The van der Waals surface area contributed by atoms with Crippen molar-refractivity contribution >= 4 is 34.7 Å². The van der Waals surface area contributed by atoms with Gasteiger partial charge in [-0.25, -0.2) is 0 Å². The van der Waals surface area contributed by atoms with Crippen LogP contribution in [0.4, 0.5) is 17.1 Å². The van der Waals surface area contributed by atoms with Gasteiger partial charge in [-0.15, -0.1) is 0 Å². The highest BCUT2D eigenvalue weighted by atomic mass is 16.5. The SMILES string of the molecule is COc1ccc(N2C(=O)C(C(=O)N(C)c3ccccc3)C(=O)c3cc(OC)c(OC)c(OC)c32)cc1OC. The van der Waals surface area contributed by atoms with Crippen LogP contribution in [-0.2, 0) is 9.59 Å². The molecule has 1 atom stereocenters. The summed E-state index contributed by atoms with van der Waals surface area (Å²) < 4.78 is 27.4. The minimum atomic E-state index is -1.66. The molecule has 10 heteroatoms. The number of benzene rings is 3. The summed E-state index contributed by atoms with van der Waals surface area (Å²) >= 11 is 0. The number of hydrogen-bond donors (Lipinski definition) is 0. The molecule has 1 heterocycles. The number of rotatable bonds is 8. The van der Waals surface area contributed by atoms with Crippen LogP contribution in [0.5, 0.6) is 28.7 Å². The molecule has 0 spiro atoms. The third kappa shape index (κ3) is 4.23. The maximum atomic E-state index is 14.1. The van der Waals surface area contributed by atoms with Crippen LogP contribution in [0, 0.1) is 5.92 Å². The highest BCUT2D eigenvalue weighted by molar-refractivity contribution is 6.35. The van der Waals surface area contributed by atoms with Gasteiger partial charge in [-0.1, -0.05) is 18.2 Å². The molecule has 1 aliphatic heterocycles. The first-order valence-corrected chi connectivity index (χ1v) is 11.6. The van der Waals surface area contributed by atoms with Crippen LogP contribution in [0.25, 0.3) is 0 Å². The molecule has 0 fully saturated rings. The maximum absolute atomic E-state index is 14.1. The molecule has 4 rings (SSSR count). The molecule has 0 N–H and O–H groups in total. The van der Waals surface area contributed by atoms with Crippen molar-refractivity contribution in [2.45, 2.75) is 0 Å². The van der Waals surface area contributed by atoms with Gasteiger partial charge in [0, 0.05) is 18.8 Å². The number of carbonyl (C=O) groups excluding carboxylic acids is 3. The highest BCUT2D eigenvalue weighted by Crippen LogP contribution is 2.52. The lowest BCUT2D eigenvalue weighted by Gasteiger charge is -2.35. The molecule has 1 unspecified atom stereocenters. The van der Waals surface area contributed by atoms with Gasteiger partial charge in [0.25, 0.3) is 5.91 Å². The fourth-order valence-electron chi connectivity index (χ4n) is 4.47. The summed E-state index contributed by atoms with van der Waals surface area (Å²) in [5, 5.41) is 0. The van der Waals surface area contributed by atoms with Gasteiger partial charge < -0.3 is 28.6 Å². The van der Waals surface area contributed by atoms with Gasteiger partial charge in [0.15, 0.2) is 34.7 Å². The lowest BCUT2D eigenvalue weighted by atomic mass is 9.87. The maximum Gasteiger partial charge on any atom is 0.252 e. The molecule has 3 aromatic rings. The molecule has 1 aliphatic rings. The first-order chi connectivity index (χ1) is 18.3. The number of nitrogens with zero attached hydrogens (tertiary/aromatic N) is 2. The van der Waals surface area contributed by atoms with Gasteiger partial charge in [-0.05, 0) is 30.3 Å². The number of Topliss-reactive ketones (excluding diaryl/α,β-unsaturated/α-hetero) is 1. The molecule has 0 saturated heterocycles. The molecule has 2 amide bonds. The van der Waals surface area contributed by atoms with Crippen LogP contribution in [0.2, 0.25) is 0 Å². The number of hydrogen-bond acceptors (Lipinski definition) is 8. The average molecular weight is 521 g/mol. The van der Waals surface area contributed by atoms with Gasteiger partial charge in [0.1, 0.15) is 5.69 Å². The summed E-state index contributed by atoms with van der Waals surface area (Å²) in [4.78, 5) is 44.2. The largest absolute Gasteiger partial charge is 0.493 e. The smallest absolute Gasteiger partial charge is 0.252 e.